The monoisotopic (exact) mass is 514 g/mol. The van der Waals surface area contributed by atoms with Crippen LogP contribution in [0.15, 0.2) is 97.1 Å². The van der Waals surface area contributed by atoms with Gasteiger partial charge in [-0.1, -0.05) is 98.1 Å². The van der Waals surface area contributed by atoms with Gasteiger partial charge in [0.15, 0.2) is 0 Å². The second-order valence-corrected chi connectivity index (χ2v) is 10.8. The molecule has 196 valence electrons. The van der Waals surface area contributed by atoms with Crippen LogP contribution in [0.1, 0.15) is 70.8 Å². The van der Waals surface area contributed by atoms with Crippen molar-refractivity contribution in [3.05, 3.63) is 125 Å². The topological polar surface area (TPSA) is 55.1 Å². The predicted molar refractivity (Wildman–Crippen MR) is 157 cm³/mol. The summed E-state index contributed by atoms with van der Waals surface area (Å²) in [6.07, 6.45) is 8.97. The number of carboxylic acid groups (broad SMARTS) is 1. The summed E-state index contributed by atoms with van der Waals surface area (Å²) in [6.45, 7) is 0. The average Bonchev–Trinajstić information content (AvgIpc) is 3.37. The predicted octanol–water partition coefficient (Wildman–Crippen LogP) is 8.28. The third kappa shape index (κ3) is 5.65. The van der Waals surface area contributed by atoms with Crippen LogP contribution in [-0.4, -0.2) is 20.6 Å². The van der Waals surface area contributed by atoms with Gasteiger partial charge < -0.3 is 9.67 Å². The fourth-order valence-corrected chi connectivity index (χ4v) is 5.91. The van der Waals surface area contributed by atoms with Crippen molar-refractivity contribution in [2.45, 2.75) is 57.4 Å². The van der Waals surface area contributed by atoms with Crippen LogP contribution in [0.25, 0.3) is 22.4 Å². The Labute approximate surface area is 230 Å². The number of carboxylic acids is 1. The van der Waals surface area contributed by atoms with Gasteiger partial charge in [0.2, 0.25) is 0 Å². The fourth-order valence-electron chi connectivity index (χ4n) is 5.91. The summed E-state index contributed by atoms with van der Waals surface area (Å²) in [7, 11) is 0. The molecule has 0 unspecified atom stereocenters. The van der Waals surface area contributed by atoms with E-state index in [1.165, 1.54) is 41.5 Å². The first-order chi connectivity index (χ1) is 19.1. The van der Waals surface area contributed by atoms with Crippen LogP contribution >= 0.6 is 0 Å². The number of carbonyl (C=O) groups is 1. The molecule has 0 saturated heterocycles. The minimum absolute atomic E-state index is 0.283. The molecule has 1 fully saturated rings. The van der Waals surface area contributed by atoms with Crippen LogP contribution in [0, 0.1) is 0 Å². The molecule has 1 aromatic heterocycles. The number of aromatic nitrogens is 2. The Bertz CT molecular complexity index is 1560. The largest absolute Gasteiger partial charge is 0.478 e. The Kier molecular flexibility index (Phi) is 7.27. The van der Waals surface area contributed by atoms with E-state index >= 15 is 0 Å². The van der Waals surface area contributed by atoms with Gasteiger partial charge in [-0.3, -0.25) is 0 Å². The number of hydrogen-bond acceptors (Lipinski definition) is 2. The van der Waals surface area contributed by atoms with Crippen molar-refractivity contribution in [3.8, 4) is 11.4 Å². The second kappa shape index (κ2) is 11.3. The second-order valence-electron chi connectivity index (χ2n) is 10.8. The molecule has 0 aliphatic heterocycles. The summed E-state index contributed by atoms with van der Waals surface area (Å²) in [6, 6.07) is 34.1. The van der Waals surface area contributed by atoms with E-state index in [2.05, 4.69) is 83.4 Å². The SMILES string of the molecule is O=C(O)c1ccc2c(c1)nc(-c1ccc(CCc3ccc(Cc4ccccc4)cc3)cc1)n2C1CCCCC1. The molecule has 1 N–H and O–H groups in total. The first kappa shape index (κ1) is 25.1. The van der Waals surface area contributed by atoms with Gasteiger partial charge in [0.25, 0.3) is 0 Å². The molecule has 0 bridgehead atoms. The van der Waals surface area contributed by atoms with E-state index in [0.717, 1.165) is 54.5 Å². The van der Waals surface area contributed by atoms with Crippen molar-refractivity contribution in [2.75, 3.05) is 0 Å². The smallest absolute Gasteiger partial charge is 0.335 e. The summed E-state index contributed by atoms with van der Waals surface area (Å²) in [4.78, 5) is 16.5. The van der Waals surface area contributed by atoms with Crippen LogP contribution in [-0.2, 0) is 19.3 Å². The molecule has 5 aromatic rings. The first-order valence-electron chi connectivity index (χ1n) is 14.1. The third-order valence-corrected chi connectivity index (χ3v) is 8.06. The molecular weight excluding hydrogens is 480 g/mol. The van der Waals surface area contributed by atoms with Crippen molar-refractivity contribution in [3.63, 3.8) is 0 Å². The molecule has 6 rings (SSSR count). The highest BCUT2D eigenvalue weighted by atomic mass is 16.4. The van der Waals surface area contributed by atoms with Crippen LogP contribution in [0.5, 0.6) is 0 Å². The summed E-state index contributed by atoms with van der Waals surface area (Å²) < 4.78 is 2.37. The highest BCUT2D eigenvalue weighted by molar-refractivity contribution is 5.93. The van der Waals surface area contributed by atoms with Crippen LogP contribution in [0.2, 0.25) is 0 Å². The molecule has 1 aliphatic rings. The maximum absolute atomic E-state index is 11.6. The lowest BCUT2D eigenvalue weighted by molar-refractivity contribution is 0.0697. The van der Waals surface area contributed by atoms with E-state index in [0.29, 0.717) is 6.04 Å². The lowest BCUT2D eigenvalue weighted by Crippen LogP contribution is -2.14. The molecule has 0 spiro atoms. The van der Waals surface area contributed by atoms with Gasteiger partial charge in [0.1, 0.15) is 5.82 Å². The van der Waals surface area contributed by atoms with Gasteiger partial charge in [-0.25, -0.2) is 9.78 Å². The molecule has 1 heterocycles. The Morgan fingerprint density at radius 1 is 0.744 bits per heavy atom. The Morgan fingerprint density at radius 3 is 2.03 bits per heavy atom. The van der Waals surface area contributed by atoms with Gasteiger partial charge in [0.05, 0.1) is 16.6 Å². The summed E-state index contributed by atoms with van der Waals surface area (Å²) in [5.41, 5.74) is 8.49. The number of hydrogen-bond donors (Lipinski definition) is 1. The fraction of sp³-hybridized carbons (Fsp3) is 0.257. The zero-order chi connectivity index (χ0) is 26.6. The van der Waals surface area contributed by atoms with E-state index in [1.54, 1.807) is 12.1 Å². The van der Waals surface area contributed by atoms with Crippen LogP contribution in [0.4, 0.5) is 0 Å². The van der Waals surface area contributed by atoms with Gasteiger partial charge >= 0.3 is 5.97 Å². The first-order valence-corrected chi connectivity index (χ1v) is 14.1. The highest BCUT2D eigenvalue weighted by Gasteiger charge is 2.23. The number of benzene rings is 4. The minimum Gasteiger partial charge on any atom is -0.478 e. The van der Waals surface area contributed by atoms with Crippen molar-refractivity contribution < 1.29 is 9.90 Å². The normalized spacial score (nSPS) is 14.1. The van der Waals surface area contributed by atoms with Crippen molar-refractivity contribution in [1.29, 1.82) is 0 Å². The van der Waals surface area contributed by atoms with E-state index < -0.39 is 5.97 Å². The molecule has 4 heteroatoms. The molecule has 39 heavy (non-hydrogen) atoms. The van der Waals surface area contributed by atoms with E-state index in [1.807, 2.05) is 6.07 Å². The summed E-state index contributed by atoms with van der Waals surface area (Å²) >= 11 is 0. The Balaban J connectivity index is 1.19. The van der Waals surface area contributed by atoms with Crippen molar-refractivity contribution in [2.24, 2.45) is 0 Å². The third-order valence-electron chi connectivity index (χ3n) is 8.06. The van der Waals surface area contributed by atoms with Gasteiger partial charge in [-0.05, 0) is 72.6 Å². The Morgan fingerprint density at radius 2 is 1.36 bits per heavy atom. The quantitative estimate of drug-likeness (QED) is 0.227. The molecule has 0 amide bonds. The van der Waals surface area contributed by atoms with E-state index in [9.17, 15) is 9.90 Å². The average molecular weight is 515 g/mol. The highest BCUT2D eigenvalue weighted by Crippen LogP contribution is 2.36. The molecule has 1 saturated carbocycles. The molecule has 4 nitrogen and oxygen atoms in total. The number of fused-ring (bicyclic) bond motifs is 1. The van der Waals surface area contributed by atoms with Crippen LogP contribution < -0.4 is 0 Å². The maximum Gasteiger partial charge on any atom is 0.335 e. The molecular formula is C35H34N2O2. The van der Waals surface area contributed by atoms with Crippen molar-refractivity contribution in [1.82, 2.24) is 9.55 Å². The minimum atomic E-state index is -0.916. The standard InChI is InChI=1S/C35H34N2O2/c38-35(39)30-21-22-33-32(24-30)36-34(37(33)31-9-5-2-6-10-31)29-19-17-26(18-20-29)12-11-25-13-15-28(16-14-25)23-27-7-3-1-4-8-27/h1,3-4,7-8,13-22,24,31H,2,5-6,9-12,23H2,(H,38,39). The molecule has 4 aromatic carbocycles. The lowest BCUT2D eigenvalue weighted by atomic mass is 9.94. The number of rotatable bonds is 8. The van der Waals surface area contributed by atoms with Crippen molar-refractivity contribution >= 4 is 17.0 Å². The molecule has 1 aliphatic carbocycles. The zero-order valence-electron chi connectivity index (χ0n) is 22.2. The van der Waals surface area contributed by atoms with E-state index in [4.69, 9.17) is 4.98 Å². The molecule has 0 atom stereocenters. The summed E-state index contributed by atoms with van der Waals surface area (Å²) in [5, 5.41) is 9.49. The number of aryl methyl sites for hydroxylation is 2. The lowest BCUT2D eigenvalue weighted by Gasteiger charge is -2.25. The van der Waals surface area contributed by atoms with Gasteiger partial charge in [0, 0.05) is 11.6 Å². The summed E-state index contributed by atoms with van der Waals surface area (Å²) in [5.74, 6) is 0.0286. The zero-order valence-corrected chi connectivity index (χ0v) is 22.2. The number of aromatic carboxylic acids is 1. The number of imidazole rings is 1. The number of nitrogens with zero attached hydrogens (tertiary/aromatic N) is 2. The van der Waals surface area contributed by atoms with Crippen LogP contribution in [0.3, 0.4) is 0 Å². The van der Waals surface area contributed by atoms with Gasteiger partial charge in [-0.15, -0.1) is 0 Å². The maximum atomic E-state index is 11.6. The molecule has 0 radical (unpaired) electrons. The van der Waals surface area contributed by atoms with E-state index in [-0.39, 0.29) is 5.56 Å². The van der Waals surface area contributed by atoms with Gasteiger partial charge in [-0.2, -0.15) is 0 Å². The Hall–Kier alpha value is -4.18.